The van der Waals surface area contributed by atoms with Crippen LogP contribution in [0.3, 0.4) is 0 Å². The number of aliphatic hydroxyl groups excluding tert-OH is 2. The van der Waals surface area contributed by atoms with Crippen molar-refractivity contribution in [3.63, 3.8) is 0 Å². The van der Waals surface area contributed by atoms with Crippen LogP contribution >= 0.6 is 0 Å². The van der Waals surface area contributed by atoms with Gasteiger partial charge in [0, 0.05) is 19.6 Å². The van der Waals surface area contributed by atoms with Crippen LogP contribution < -0.4 is 0 Å². The van der Waals surface area contributed by atoms with Crippen molar-refractivity contribution in [1.82, 2.24) is 4.90 Å². The van der Waals surface area contributed by atoms with Gasteiger partial charge in [-0.2, -0.15) is 0 Å². The molecule has 1 saturated heterocycles. The zero-order chi connectivity index (χ0) is 12.0. The molecule has 0 amide bonds. The third-order valence-electron chi connectivity index (χ3n) is 2.68. The fourth-order valence-corrected chi connectivity index (χ4v) is 1.89. The van der Waals surface area contributed by atoms with Crippen molar-refractivity contribution in [3.05, 3.63) is 0 Å². The van der Waals surface area contributed by atoms with E-state index in [4.69, 9.17) is 20.1 Å². The molecule has 1 heterocycles. The summed E-state index contributed by atoms with van der Waals surface area (Å²) >= 11 is 0. The molecule has 6 heteroatoms. The zero-order valence-electron chi connectivity index (χ0n) is 9.21. The molecule has 0 aromatic heterocycles. The molecule has 0 aromatic carbocycles. The van der Waals surface area contributed by atoms with Crippen LogP contribution in [0.4, 0.5) is 0 Å². The van der Waals surface area contributed by atoms with E-state index in [1.807, 2.05) is 4.90 Å². The average molecular weight is 233 g/mol. The van der Waals surface area contributed by atoms with Gasteiger partial charge in [-0.15, -0.1) is 0 Å². The first kappa shape index (κ1) is 13.4. The van der Waals surface area contributed by atoms with Crippen molar-refractivity contribution in [2.45, 2.75) is 25.0 Å². The van der Waals surface area contributed by atoms with Crippen molar-refractivity contribution >= 4 is 5.97 Å². The quantitative estimate of drug-likeness (QED) is 0.517. The van der Waals surface area contributed by atoms with Gasteiger partial charge in [0.15, 0.2) is 6.10 Å². The molecular formula is C10H19NO5. The lowest BCUT2D eigenvalue weighted by Crippen LogP contribution is -2.37. The highest BCUT2D eigenvalue weighted by atomic mass is 16.5. The second-order valence-corrected chi connectivity index (χ2v) is 3.91. The standard InChI is InChI=1S/C10H19NO5/c12-5-3-11(4-6-13)7-8-1-2-9(16-8)10(14)15/h8-9,12-13H,1-7H2,(H,14,15). The zero-order valence-corrected chi connectivity index (χ0v) is 9.21. The van der Waals surface area contributed by atoms with Crippen molar-refractivity contribution in [3.8, 4) is 0 Å². The summed E-state index contributed by atoms with van der Waals surface area (Å²) in [5.41, 5.74) is 0. The molecule has 16 heavy (non-hydrogen) atoms. The second-order valence-electron chi connectivity index (χ2n) is 3.91. The molecule has 0 saturated carbocycles. The summed E-state index contributed by atoms with van der Waals surface area (Å²) in [6, 6.07) is 0. The highest BCUT2D eigenvalue weighted by Crippen LogP contribution is 2.20. The summed E-state index contributed by atoms with van der Waals surface area (Å²) in [5.74, 6) is -0.918. The molecule has 2 atom stereocenters. The smallest absolute Gasteiger partial charge is 0.332 e. The Balaban J connectivity index is 2.32. The Labute approximate surface area is 94.4 Å². The predicted molar refractivity (Wildman–Crippen MR) is 56.1 cm³/mol. The van der Waals surface area contributed by atoms with Crippen molar-refractivity contribution in [2.75, 3.05) is 32.8 Å². The van der Waals surface area contributed by atoms with Crippen LogP contribution in [0.5, 0.6) is 0 Å². The Kier molecular flexibility index (Phi) is 5.68. The van der Waals surface area contributed by atoms with Gasteiger partial charge in [0.1, 0.15) is 0 Å². The van der Waals surface area contributed by atoms with Crippen molar-refractivity contribution in [1.29, 1.82) is 0 Å². The fourth-order valence-electron chi connectivity index (χ4n) is 1.89. The molecule has 2 unspecified atom stereocenters. The van der Waals surface area contributed by atoms with E-state index < -0.39 is 12.1 Å². The Hall–Kier alpha value is -0.690. The maximum atomic E-state index is 10.7. The summed E-state index contributed by atoms with van der Waals surface area (Å²) in [6.45, 7) is 1.55. The van der Waals surface area contributed by atoms with Crippen LogP contribution in [0.2, 0.25) is 0 Å². The van der Waals surface area contributed by atoms with Gasteiger partial charge >= 0.3 is 5.97 Å². The van der Waals surface area contributed by atoms with Crippen LogP contribution in [-0.4, -0.2) is 71.2 Å². The Morgan fingerprint density at radius 2 is 1.88 bits per heavy atom. The number of carboxylic acids is 1. The van der Waals surface area contributed by atoms with E-state index in [-0.39, 0.29) is 19.3 Å². The van der Waals surface area contributed by atoms with Gasteiger partial charge in [-0.1, -0.05) is 0 Å². The van der Waals surface area contributed by atoms with Gasteiger partial charge in [0.2, 0.25) is 0 Å². The molecular weight excluding hydrogens is 214 g/mol. The molecule has 94 valence electrons. The first-order valence-electron chi connectivity index (χ1n) is 5.49. The fraction of sp³-hybridized carbons (Fsp3) is 0.900. The monoisotopic (exact) mass is 233 g/mol. The van der Waals surface area contributed by atoms with Gasteiger partial charge in [-0.25, -0.2) is 4.79 Å². The number of carboxylic acid groups (broad SMARTS) is 1. The predicted octanol–water partition coefficient (Wildman–Crippen LogP) is -1.09. The molecule has 0 aromatic rings. The first-order valence-corrected chi connectivity index (χ1v) is 5.49. The summed E-state index contributed by atoms with van der Waals surface area (Å²) in [6.07, 6.45) is 0.436. The third-order valence-corrected chi connectivity index (χ3v) is 2.68. The SMILES string of the molecule is O=C(O)C1CCC(CN(CCO)CCO)O1. The first-order chi connectivity index (χ1) is 7.67. The van der Waals surface area contributed by atoms with Crippen LogP contribution in [0.25, 0.3) is 0 Å². The Morgan fingerprint density at radius 3 is 2.31 bits per heavy atom. The highest BCUT2D eigenvalue weighted by Gasteiger charge is 2.31. The Morgan fingerprint density at radius 1 is 1.25 bits per heavy atom. The van der Waals surface area contributed by atoms with Crippen LogP contribution in [0, 0.1) is 0 Å². The summed E-state index contributed by atoms with van der Waals surface area (Å²) in [5, 5.41) is 26.4. The number of aliphatic hydroxyl groups is 2. The van der Waals surface area contributed by atoms with E-state index in [2.05, 4.69) is 0 Å². The number of hydrogen-bond acceptors (Lipinski definition) is 5. The molecule has 6 nitrogen and oxygen atoms in total. The van der Waals surface area contributed by atoms with Crippen molar-refractivity contribution < 1.29 is 24.9 Å². The number of hydrogen-bond donors (Lipinski definition) is 3. The molecule has 1 fully saturated rings. The number of nitrogens with zero attached hydrogens (tertiary/aromatic N) is 1. The van der Waals surface area contributed by atoms with E-state index in [1.54, 1.807) is 0 Å². The van der Waals surface area contributed by atoms with E-state index in [0.29, 0.717) is 32.5 Å². The summed E-state index contributed by atoms with van der Waals surface area (Å²) in [4.78, 5) is 12.5. The van der Waals surface area contributed by atoms with Gasteiger partial charge in [0.05, 0.1) is 19.3 Å². The highest BCUT2D eigenvalue weighted by molar-refractivity contribution is 5.72. The number of aliphatic carboxylic acids is 1. The lowest BCUT2D eigenvalue weighted by Gasteiger charge is -2.23. The van der Waals surface area contributed by atoms with Gasteiger partial charge in [-0.3, -0.25) is 4.90 Å². The van der Waals surface area contributed by atoms with E-state index >= 15 is 0 Å². The molecule has 0 aliphatic carbocycles. The molecule has 1 aliphatic rings. The molecule has 1 aliphatic heterocycles. The summed E-state index contributed by atoms with van der Waals surface area (Å²) < 4.78 is 5.34. The minimum Gasteiger partial charge on any atom is -0.479 e. The van der Waals surface area contributed by atoms with E-state index in [1.165, 1.54) is 0 Å². The average Bonchev–Trinajstić information content (AvgIpc) is 2.67. The van der Waals surface area contributed by atoms with Gasteiger partial charge < -0.3 is 20.1 Å². The van der Waals surface area contributed by atoms with E-state index in [0.717, 1.165) is 0 Å². The normalized spacial score (nSPS) is 25.2. The minimum atomic E-state index is -0.918. The minimum absolute atomic E-state index is 0.0229. The van der Waals surface area contributed by atoms with Gasteiger partial charge in [-0.05, 0) is 12.8 Å². The maximum absolute atomic E-state index is 10.7. The van der Waals surface area contributed by atoms with Crippen LogP contribution in [0.1, 0.15) is 12.8 Å². The molecule has 3 N–H and O–H groups in total. The number of carbonyl (C=O) groups is 1. The van der Waals surface area contributed by atoms with Crippen LogP contribution in [-0.2, 0) is 9.53 Å². The number of ether oxygens (including phenoxy) is 1. The van der Waals surface area contributed by atoms with Gasteiger partial charge in [0.25, 0.3) is 0 Å². The van der Waals surface area contributed by atoms with Crippen LogP contribution in [0.15, 0.2) is 0 Å². The largest absolute Gasteiger partial charge is 0.479 e. The molecule has 0 radical (unpaired) electrons. The molecule has 0 spiro atoms. The number of rotatable bonds is 7. The molecule has 1 rings (SSSR count). The lowest BCUT2D eigenvalue weighted by atomic mass is 10.2. The maximum Gasteiger partial charge on any atom is 0.332 e. The van der Waals surface area contributed by atoms with E-state index in [9.17, 15) is 4.79 Å². The second kappa shape index (κ2) is 6.80. The molecule has 0 bridgehead atoms. The van der Waals surface area contributed by atoms with Crippen molar-refractivity contribution in [2.24, 2.45) is 0 Å². The summed E-state index contributed by atoms with van der Waals surface area (Å²) in [7, 11) is 0. The lowest BCUT2D eigenvalue weighted by molar-refractivity contribution is -0.149. The Bertz CT molecular complexity index is 217. The topological polar surface area (TPSA) is 90.2 Å². The third kappa shape index (κ3) is 4.05.